The van der Waals surface area contributed by atoms with Gasteiger partial charge in [-0.3, -0.25) is 14.9 Å². The largest absolute Gasteiger partial charge is 0.459 e. The number of sulfonamides is 1. The molecule has 0 atom stereocenters. The summed E-state index contributed by atoms with van der Waals surface area (Å²) in [6.45, 7) is 2.42. The predicted octanol–water partition coefficient (Wildman–Crippen LogP) is 2.32. The number of nitro benzene ring substituents is 1. The molecule has 0 radical (unpaired) electrons. The highest BCUT2D eigenvalue weighted by atomic mass is 32.2. The summed E-state index contributed by atoms with van der Waals surface area (Å²) in [5.74, 6) is 0.0359. The molecule has 2 saturated heterocycles. The van der Waals surface area contributed by atoms with Crippen LogP contribution in [0.1, 0.15) is 29.8 Å². The predicted molar refractivity (Wildman–Crippen MR) is 113 cm³/mol. The van der Waals surface area contributed by atoms with Crippen molar-refractivity contribution in [2.45, 2.75) is 24.2 Å². The van der Waals surface area contributed by atoms with Crippen molar-refractivity contribution >= 4 is 27.3 Å². The van der Waals surface area contributed by atoms with Gasteiger partial charge in [-0.15, -0.1) is 0 Å². The Morgan fingerprint density at radius 3 is 2.32 bits per heavy atom. The van der Waals surface area contributed by atoms with Gasteiger partial charge < -0.3 is 14.2 Å². The third-order valence-corrected chi connectivity index (χ3v) is 7.63. The summed E-state index contributed by atoms with van der Waals surface area (Å²) in [5.41, 5.74) is 0.108. The Kier molecular flexibility index (Phi) is 5.96. The lowest BCUT2D eigenvalue weighted by Gasteiger charge is -2.35. The van der Waals surface area contributed by atoms with Crippen LogP contribution in [-0.2, 0) is 10.0 Å². The maximum Gasteiger partial charge on any atom is 0.293 e. The van der Waals surface area contributed by atoms with Crippen LogP contribution in [-0.4, -0.2) is 67.7 Å². The zero-order valence-electron chi connectivity index (χ0n) is 17.0. The third kappa shape index (κ3) is 4.28. The lowest BCUT2D eigenvalue weighted by atomic mass is 10.2. The van der Waals surface area contributed by atoms with Gasteiger partial charge in [-0.05, 0) is 37.1 Å². The van der Waals surface area contributed by atoms with Gasteiger partial charge in [-0.2, -0.15) is 4.31 Å². The van der Waals surface area contributed by atoms with Gasteiger partial charge in [0.15, 0.2) is 5.76 Å². The number of hydrogen-bond acceptors (Lipinski definition) is 7. The molecule has 0 spiro atoms. The minimum Gasteiger partial charge on any atom is -0.459 e. The van der Waals surface area contributed by atoms with E-state index in [9.17, 15) is 23.3 Å². The highest BCUT2D eigenvalue weighted by Gasteiger charge is 2.31. The fraction of sp³-hybridized carbons (Fsp3) is 0.450. The van der Waals surface area contributed by atoms with Crippen LogP contribution < -0.4 is 4.90 Å². The van der Waals surface area contributed by atoms with Gasteiger partial charge in [0.25, 0.3) is 11.6 Å². The van der Waals surface area contributed by atoms with Gasteiger partial charge >= 0.3 is 0 Å². The molecule has 2 aliphatic heterocycles. The van der Waals surface area contributed by atoms with E-state index in [0.29, 0.717) is 45.0 Å². The molecule has 0 N–H and O–H groups in total. The van der Waals surface area contributed by atoms with E-state index in [1.807, 2.05) is 0 Å². The topological polar surface area (TPSA) is 117 Å². The third-order valence-electron chi connectivity index (χ3n) is 5.74. The van der Waals surface area contributed by atoms with Crippen LogP contribution >= 0.6 is 0 Å². The molecule has 4 rings (SSSR count). The summed E-state index contributed by atoms with van der Waals surface area (Å²) in [7, 11) is -3.76. The van der Waals surface area contributed by atoms with E-state index in [0.717, 1.165) is 25.3 Å². The van der Waals surface area contributed by atoms with E-state index in [-0.39, 0.29) is 22.3 Å². The molecule has 0 saturated carbocycles. The summed E-state index contributed by atoms with van der Waals surface area (Å²) >= 11 is 0. The summed E-state index contributed by atoms with van der Waals surface area (Å²) in [6, 6.07) is 7.33. The molecule has 166 valence electrons. The smallest absolute Gasteiger partial charge is 0.293 e. The normalized spacial score (nSPS) is 18.2. The first-order chi connectivity index (χ1) is 14.9. The Hall–Kier alpha value is -2.92. The zero-order valence-corrected chi connectivity index (χ0v) is 17.8. The quantitative estimate of drug-likeness (QED) is 0.509. The SMILES string of the molecule is O=C(c1ccco1)N1CCN(c2ccc(S(=O)(=O)N3CCCCC3)cc2[N+](=O)[O-])CC1. The standard InChI is InChI=1S/C20H24N4O6S/c25-20(19-5-4-14-30-19)22-12-10-21(11-13-22)17-7-6-16(15-18(17)24(26)27)31(28,29)23-8-2-1-3-9-23/h4-7,14-15H,1-3,8-13H2. The molecular weight excluding hydrogens is 424 g/mol. The molecular formula is C20H24N4O6S. The fourth-order valence-electron chi connectivity index (χ4n) is 4.04. The number of nitro groups is 1. The Labute approximate surface area is 180 Å². The number of rotatable bonds is 5. The van der Waals surface area contributed by atoms with Crippen LogP contribution in [0.4, 0.5) is 11.4 Å². The molecule has 1 aromatic heterocycles. The van der Waals surface area contributed by atoms with E-state index in [4.69, 9.17) is 4.42 Å². The van der Waals surface area contributed by atoms with Crippen LogP contribution in [0.15, 0.2) is 45.9 Å². The van der Waals surface area contributed by atoms with Gasteiger partial charge in [0, 0.05) is 45.3 Å². The Morgan fingerprint density at radius 1 is 1.00 bits per heavy atom. The van der Waals surface area contributed by atoms with Crippen LogP contribution in [0.3, 0.4) is 0 Å². The van der Waals surface area contributed by atoms with Crippen LogP contribution in [0.25, 0.3) is 0 Å². The molecule has 1 amide bonds. The summed E-state index contributed by atoms with van der Waals surface area (Å²) < 4.78 is 32.4. The van der Waals surface area contributed by atoms with E-state index in [2.05, 4.69) is 0 Å². The van der Waals surface area contributed by atoms with Crippen molar-refractivity contribution in [1.82, 2.24) is 9.21 Å². The number of anilines is 1. The number of carbonyl (C=O) groups is 1. The highest BCUT2D eigenvalue weighted by Crippen LogP contribution is 2.33. The average Bonchev–Trinajstić information content (AvgIpc) is 3.34. The average molecular weight is 449 g/mol. The number of piperazine rings is 1. The second kappa shape index (κ2) is 8.67. The van der Waals surface area contributed by atoms with E-state index in [1.165, 1.54) is 22.7 Å². The maximum atomic E-state index is 12.9. The van der Waals surface area contributed by atoms with Gasteiger partial charge in [0.2, 0.25) is 10.0 Å². The number of amides is 1. The Balaban J connectivity index is 1.53. The molecule has 3 heterocycles. The van der Waals surface area contributed by atoms with E-state index < -0.39 is 14.9 Å². The molecule has 31 heavy (non-hydrogen) atoms. The summed E-state index contributed by atoms with van der Waals surface area (Å²) in [4.78, 5) is 27.0. The Bertz CT molecular complexity index is 1060. The molecule has 0 bridgehead atoms. The molecule has 2 aliphatic rings. The minimum atomic E-state index is -3.76. The van der Waals surface area contributed by atoms with Gasteiger partial charge in [-0.25, -0.2) is 8.42 Å². The Morgan fingerprint density at radius 2 is 1.71 bits per heavy atom. The highest BCUT2D eigenvalue weighted by molar-refractivity contribution is 7.89. The van der Waals surface area contributed by atoms with Crippen LogP contribution in [0.2, 0.25) is 0 Å². The van der Waals surface area contributed by atoms with E-state index >= 15 is 0 Å². The number of piperidine rings is 1. The van der Waals surface area contributed by atoms with Crippen molar-refractivity contribution in [1.29, 1.82) is 0 Å². The van der Waals surface area contributed by atoms with Crippen molar-refractivity contribution in [2.75, 3.05) is 44.2 Å². The zero-order chi connectivity index (χ0) is 22.0. The lowest BCUT2D eigenvalue weighted by Crippen LogP contribution is -2.48. The molecule has 1 aromatic carbocycles. The first-order valence-electron chi connectivity index (χ1n) is 10.2. The number of carbonyl (C=O) groups excluding carboxylic acids is 1. The van der Waals surface area contributed by atoms with E-state index in [1.54, 1.807) is 21.9 Å². The maximum absolute atomic E-state index is 12.9. The lowest BCUT2D eigenvalue weighted by molar-refractivity contribution is -0.384. The van der Waals surface area contributed by atoms with Crippen molar-refractivity contribution in [3.8, 4) is 0 Å². The molecule has 2 aromatic rings. The van der Waals surface area contributed by atoms with Crippen molar-refractivity contribution < 1.29 is 22.6 Å². The molecule has 2 fully saturated rings. The summed E-state index contributed by atoms with van der Waals surface area (Å²) in [5, 5.41) is 11.7. The molecule has 0 aliphatic carbocycles. The fourth-order valence-corrected chi connectivity index (χ4v) is 5.58. The molecule has 0 unspecified atom stereocenters. The van der Waals surface area contributed by atoms with Gasteiger partial charge in [0.05, 0.1) is 16.1 Å². The summed E-state index contributed by atoms with van der Waals surface area (Å²) in [6.07, 6.45) is 4.01. The van der Waals surface area contributed by atoms with Crippen LogP contribution in [0, 0.1) is 10.1 Å². The first-order valence-corrected chi connectivity index (χ1v) is 11.7. The first kappa shape index (κ1) is 21.3. The number of benzene rings is 1. The number of nitrogens with zero attached hydrogens (tertiary/aromatic N) is 4. The minimum absolute atomic E-state index is 0.0588. The van der Waals surface area contributed by atoms with Crippen molar-refractivity contribution in [3.63, 3.8) is 0 Å². The van der Waals surface area contributed by atoms with Gasteiger partial charge in [0.1, 0.15) is 5.69 Å². The van der Waals surface area contributed by atoms with Crippen LogP contribution in [0.5, 0.6) is 0 Å². The second-order valence-corrected chi connectivity index (χ2v) is 9.57. The van der Waals surface area contributed by atoms with Crippen molar-refractivity contribution in [2.24, 2.45) is 0 Å². The van der Waals surface area contributed by atoms with Gasteiger partial charge in [-0.1, -0.05) is 6.42 Å². The second-order valence-electron chi connectivity index (χ2n) is 7.63. The molecule has 11 heteroatoms. The van der Waals surface area contributed by atoms with Crippen molar-refractivity contribution in [3.05, 3.63) is 52.5 Å². The molecule has 10 nitrogen and oxygen atoms in total. The number of furan rings is 1. The number of hydrogen-bond donors (Lipinski definition) is 0. The monoisotopic (exact) mass is 448 g/mol.